The van der Waals surface area contributed by atoms with Gasteiger partial charge in [0, 0.05) is 5.56 Å². The first kappa shape index (κ1) is 19.2. The van der Waals surface area contributed by atoms with Gasteiger partial charge in [0.05, 0.1) is 17.5 Å². The van der Waals surface area contributed by atoms with Gasteiger partial charge in [-0.05, 0) is 55.0 Å². The van der Waals surface area contributed by atoms with E-state index in [0.717, 1.165) is 11.1 Å². The Morgan fingerprint density at radius 3 is 2.53 bits per heavy atom. The van der Waals surface area contributed by atoms with Gasteiger partial charge in [-0.3, -0.25) is 9.59 Å². The first-order chi connectivity index (χ1) is 14.6. The molecule has 2 N–H and O–H groups in total. The van der Waals surface area contributed by atoms with Gasteiger partial charge < -0.3 is 14.8 Å². The largest absolute Gasteiger partial charge is 0.454 e. The van der Waals surface area contributed by atoms with Gasteiger partial charge in [-0.1, -0.05) is 29.8 Å². The molecule has 0 spiro atoms. The Morgan fingerprint density at radius 2 is 1.70 bits per heavy atom. The van der Waals surface area contributed by atoms with E-state index in [2.05, 4.69) is 15.8 Å². The molecule has 0 bridgehead atoms. The van der Waals surface area contributed by atoms with E-state index < -0.39 is 5.91 Å². The summed E-state index contributed by atoms with van der Waals surface area (Å²) in [7, 11) is 0. The number of rotatable bonds is 5. The van der Waals surface area contributed by atoms with Crippen LogP contribution in [0.3, 0.4) is 0 Å². The molecule has 0 unspecified atom stereocenters. The van der Waals surface area contributed by atoms with Crippen LogP contribution in [0.1, 0.15) is 31.8 Å². The third-order valence-electron chi connectivity index (χ3n) is 4.51. The van der Waals surface area contributed by atoms with E-state index in [1.807, 2.05) is 19.1 Å². The highest BCUT2D eigenvalue weighted by atomic mass is 16.7. The lowest BCUT2D eigenvalue weighted by molar-refractivity contribution is 0.0956. The molecule has 0 radical (unpaired) electrons. The predicted octanol–water partition coefficient (Wildman–Crippen LogP) is 3.74. The minimum atomic E-state index is -0.438. The number of benzene rings is 3. The molecule has 2 amide bonds. The number of aryl methyl sites for hydroxylation is 1. The number of carbonyl (C=O) groups is 2. The zero-order valence-corrected chi connectivity index (χ0v) is 16.2. The molecule has 4 rings (SSSR count). The fourth-order valence-electron chi connectivity index (χ4n) is 2.91. The van der Waals surface area contributed by atoms with Crippen LogP contribution >= 0.6 is 0 Å². The van der Waals surface area contributed by atoms with Crippen molar-refractivity contribution in [1.82, 2.24) is 5.43 Å². The topological polar surface area (TPSA) is 89.0 Å². The summed E-state index contributed by atoms with van der Waals surface area (Å²) in [5.41, 5.74) is 5.51. The first-order valence-corrected chi connectivity index (χ1v) is 9.30. The van der Waals surface area contributed by atoms with Crippen molar-refractivity contribution in [2.24, 2.45) is 5.10 Å². The number of anilines is 1. The van der Waals surface area contributed by atoms with E-state index in [0.29, 0.717) is 28.3 Å². The molecule has 3 aromatic rings. The van der Waals surface area contributed by atoms with Gasteiger partial charge in [0.2, 0.25) is 6.79 Å². The Kier molecular flexibility index (Phi) is 5.43. The van der Waals surface area contributed by atoms with Crippen molar-refractivity contribution in [3.05, 3.63) is 89.0 Å². The van der Waals surface area contributed by atoms with Gasteiger partial charge in [0.1, 0.15) is 0 Å². The zero-order chi connectivity index (χ0) is 20.9. The van der Waals surface area contributed by atoms with Crippen LogP contribution in [0, 0.1) is 6.92 Å². The first-order valence-electron chi connectivity index (χ1n) is 9.30. The summed E-state index contributed by atoms with van der Waals surface area (Å²) in [4.78, 5) is 25.1. The maximum absolute atomic E-state index is 12.6. The summed E-state index contributed by atoms with van der Waals surface area (Å²) < 4.78 is 10.6. The van der Waals surface area contributed by atoms with Gasteiger partial charge in [0.15, 0.2) is 11.5 Å². The summed E-state index contributed by atoms with van der Waals surface area (Å²) in [5, 5.41) is 6.78. The maximum Gasteiger partial charge on any atom is 0.273 e. The summed E-state index contributed by atoms with van der Waals surface area (Å²) in [5.74, 6) is 0.579. The Labute approximate surface area is 173 Å². The number of ether oxygens (including phenoxy) is 2. The van der Waals surface area contributed by atoms with Crippen LogP contribution in [0.15, 0.2) is 71.8 Å². The second-order valence-corrected chi connectivity index (χ2v) is 6.68. The van der Waals surface area contributed by atoms with Crippen LogP contribution in [0.2, 0.25) is 0 Å². The van der Waals surface area contributed by atoms with Crippen molar-refractivity contribution in [3.63, 3.8) is 0 Å². The SMILES string of the molecule is Cc1ccc(C(=O)Nc2ccccc2C(=O)N/N=C\c2ccc3c(c2)OCO3)cc1. The lowest BCUT2D eigenvalue weighted by Crippen LogP contribution is -2.21. The van der Waals surface area contributed by atoms with Gasteiger partial charge in [0.25, 0.3) is 11.8 Å². The minimum Gasteiger partial charge on any atom is -0.454 e. The van der Waals surface area contributed by atoms with Crippen LogP contribution in [0.5, 0.6) is 11.5 Å². The van der Waals surface area contributed by atoms with Crippen molar-refractivity contribution in [2.75, 3.05) is 12.1 Å². The summed E-state index contributed by atoms with van der Waals surface area (Å²) in [6.45, 7) is 2.14. The summed E-state index contributed by atoms with van der Waals surface area (Å²) in [6, 6.07) is 19.3. The molecule has 0 fully saturated rings. The zero-order valence-electron chi connectivity index (χ0n) is 16.2. The third-order valence-corrected chi connectivity index (χ3v) is 4.51. The standard InChI is InChI=1S/C23H19N3O4/c1-15-6-9-17(10-7-15)22(27)25-19-5-3-2-4-18(19)23(28)26-24-13-16-8-11-20-21(12-16)30-14-29-20/h2-13H,14H2,1H3,(H,25,27)(H,26,28)/b24-13-. The van der Waals surface area contributed by atoms with Crippen LogP contribution in [0.4, 0.5) is 5.69 Å². The molecule has 150 valence electrons. The minimum absolute atomic E-state index is 0.192. The highest BCUT2D eigenvalue weighted by molar-refractivity contribution is 6.09. The monoisotopic (exact) mass is 401 g/mol. The van der Waals surface area contributed by atoms with E-state index in [1.54, 1.807) is 54.6 Å². The molecule has 1 heterocycles. The van der Waals surface area contributed by atoms with Crippen molar-refractivity contribution < 1.29 is 19.1 Å². The predicted molar refractivity (Wildman–Crippen MR) is 113 cm³/mol. The maximum atomic E-state index is 12.6. The Morgan fingerprint density at radius 1 is 0.933 bits per heavy atom. The Hall–Kier alpha value is -4.13. The number of fused-ring (bicyclic) bond motifs is 1. The number of amides is 2. The Bertz CT molecular complexity index is 1120. The molecule has 0 aromatic heterocycles. The normalized spacial score (nSPS) is 12.0. The van der Waals surface area contributed by atoms with Gasteiger partial charge in [-0.25, -0.2) is 5.43 Å². The lowest BCUT2D eigenvalue weighted by atomic mass is 10.1. The second kappa shape index (κ2) is 8.48. The van der Waals surface area contributed by atoms with E-state index in [-0.39, 0.29) is 12.7 Å². The summed E-state index contributed by atoms with van der Waals surface area (Å²) >= 11 is 0. The highest BCUT2D eigenvalue weighted by Crippen LogP contribution is 2.31. The summed E-state index contributed by atoms with van der Waals surface area (Å²) in [6.07, 6.45) is 1.51. The number of hydrazone groups is 1. The molecule has 0 atom stereocenters. The number of nitrogens with zero attached hydrogens (tertiary/aromatic N) is 1. The fourth-order valence-corrected chi connectivity index (χ4v) is 2.91. The second-order valence-electron chi connectivity index (χ2n) is 6.68. The molecular weight excluding hydrogens is 382 g/mol. The molecule has 30 heavy (non-hydrogen) atoms. The Balaban J connectivity index is 1.44. The molecule has 7 heteroatoms. The van der Waals surface area contributed by atoms with Crippen LogP contribution in [-0.2, 0) is 0 Å². The van der Waals surface area contributed by atoms with Crippen molar-refractivity contribution in [2.45, 2.75) is 6.92 Å². The molecule has 0 aliphatic carbocycles. The van der Waals surface area contributed by atoms with Crippen molar-refractivity contribution in [1.29, 1.82) is 0 Å². The number of para-hydroxylation sites is 1. The highest BCUT2D eigenvalue weighted by Gasteiger charge is 2.14. The van der Waals surface area contributed by atoms with E-state index in [9.17, 15) is 9.59 Å². The van der Waals surface area contributed by atoms with Crippen LogP contribution in [-0.4, -0.2) is 24.8 Å². The molecule has 1 aliphatic rings. The van der Waals surface area contributed by atoms with Gasteiger partial charge in [-0.2, -0.15) is 5.10 Å². The molecular formula is C23H19N3O4. The van der Waals surface area contributed by atoms with E-state index >= 15 is 0 Å². The molecule has 1 aliphatic heterocycles. The van der Waals surface area contributed by atoms with Crippen LogP contribution < -0.4 is 20.2 Å². The molecule has 3 aromatic carbocycles. The number of hydrogen-bond donors (Lipinski definition) is 2. The van der Waals surface area contributed by atoms with Gasteiger partial charge >= 0.3 is 0 Å². The molecule has 7 nitrogen and oxygen atoms in total. The molecule has 0 saturated carbocycles. The average molecular weight is 401 g/mol. The quantitative estimate of drug-likeness (QED) is 0.504. The average Bonchev–Trinajstić information content (AvgIpc) is 3.22. The number of nitrogens with one attached hydrogen (secondary N) is 2. The fraction of sp³-hybridized carbons (Fsp3) is 0.0870. The van der Waals surface area contributed by atoms with Crippen molar-refractivity contribution in [3.8, 4) is 11.5 Å². The van der Waals surface area contributed by atoms with Crippen molar-refractivity contribution >= 4 is 23.7 Å². The lowest BCUT2D eigenvalue weighted by Gasteiger charge is -2.10. The number of carbonyl (C=O) groups excluding carboxylic acids is 2. The van der Waals surface area contributed by atoms with Crippen LogP contribution in [0.25, 0.3) is 0 Å². The van der Waals surface area contributed by atoms with E-state index in [1.165, 1.54) is 6.21 Å². The third kappa shape index (κ3) is 4.30. The number of hydrogen-bond acceptors (Lipinski definition) is 5. The van der Waals surface area contributed by atoms with E-state index in [4.69, 9.17) is 9.47 Å². The smallest absolute Gasteiger partial charge is 0.273 e. The molecule has 0 saturated heterocycles. The van der Waals surface area contributed by atoms with Gasteiger partial charge in [-0.15, -0.1) is 0 Å².